The second-order valence-corrected chi connectivity index (χ2v) is 10.4. The largest absolute Gasteiger partial charge is 0.496 e. The number of hydrogen-bond acceptors (Lipinski definition) is 7. The van der Waals surface area contributed by atoms with Crippen LogP contribution in [0.2, 0.25) is 0 Å². The summed E-state index contributed by atoms with van der Waals surface area (Å²) in [5.74, 6) is 0.814. The van der Waals surface area contributed by atoms with Crippen LogP contribution in [0.3, 0.4) is 0 Å². The number of carbonyl (C=O) groups is 2. The van der Waals surface area contributed by atoms with Crippen LogP contribution >= 0.6 is 11.8 Å². The van der Waals surface area contributed by atoms with E-state index in [2.05, 4.69) is 29.2 Å². The maximum atomic E-state index is 13.4. The summed E-state index contributed by atoms with van der Waals surface area (Å²) in [6, 6.07) is 12.6. The molecule has 0 fully saturated rings. The molecule has 9 heteroatoms. The fourth-order valence-electron chi connectivity index (χ4n) is 4.68. The van der Waals surface area contributed by atoms with Crippen molar-refractivity contribution in [3.8, 4) is 5.75 Å². The summed E-state index contributed by atoms with van der Waals surface area (Å²) in [4.78, 5) is 30.6. The van der Waals surface area contributed by atoms with Crippen LogP contribution in [0.1, 0.15) is 48.7 Å². The van der Waals surface area contributed by atoms with E-state index in [1.165, 1.54) is 36.0 Å². The molecule has 35 heavy (non-hydrogen) atoms. The number of hydrogen-bond donors (Lipinski definition) is 1. The number of thioether (sulfide) groups is 1. The Bertz CT molecular complexity index is 1350. The highest BCUT2D eigenvalue weighted by Gasteiger charge is 2.42. The lowest BCUT2D eigenvalue weighted by Crippen LogP contribution is -2.36. The summed E-state index contributed by atoms with van der Waals surface area (Å²) in [7, 11) is 1.60. The first-order valence-electron chi connectivity index (χ1n) is 11.3. The van der Waals surface area contributed by atoms with Crippen molar-refractivity contribution in [2.45, 2.75) is 37.9 Å². The van der Waals surface area contributed by atoms with Gasteiger partial charge in [0.05, 0.1) is 12.9 Å². The summed E-state index contributed by atoms with van der Waals surface area (Å²) in [6.07, 6.45) is 1.15. The molecule has 0 radical (unpaired) electrons. The van der Waals surface area contributed by atoms with Gasteiger partial charge in [0.2, 0.25) is 11.1 Å². The zero-order valence-electron chi connectivity index (χ0n) is 19.7. The summed E-state index contributed by atoms with van der Waals surface area (Å²) in [6.45, 7) is 4.16. The predicted molar refractivity (Wildman–Crippen MR) is 131 cm³/mol. The Hall–Kier alpha value is -3.46. The Morgan fingerprint density at radius 3 is 2.69 bits per heavy atom. The Balaban J connectivity index is 1.50. The van der Waals surface area contributed by atoms with E-state index in [0.717, 1.165) is 11.3 Å². The van der Waals surface area contributed by atoms with Gasteiger partial charge in [-0.15, -0.1) is 5.10 Å². The molecular formula is C26H25FN4O3S. The minimum atomic E-state index is -0.490. The average Bonchev–Trinajstić information content (AvgIpc) is 3.23. The first kappa shape index (κ1) is 23.3. The van der Waals surface area contributed by atoms with E-state index in [9.17, 15) is 14.0 Å². The first-order chi connectivity index (χ1) is 16.8. The molecule has 180 valence electrons. The molecule has 2 heterocycles. The molecule has 1 aliphatic carbocycles. The molecule has 0 saturated carbocycles. The number of para-hydroxylation sites is 1. The number of halogens is 1. The smallest absolute Gasteiger partial charge is 0.227 e. The number of ether oxygens (including phenoxy) is 1. The molecule has 3 aromatic rings. The minimum absolute atomic E-state index is 0.0708. The van der Waals surface area contributed by atoms with Gasteiger partial charge in [0, 0.05) is 28.8 Å². The number of anilines is 1. The Morgan fingerprint density at radius 2 is 1.94 bits per heavy atom. The molecule has 2 aliphatic rings. The molecular weight excluding hydrogens is 467 g/mol. The number of Topliss-reactive ketones (excluding diaryl/α,β-unsaturated/α-hetero) is 2. The topological polar surface area (TPSA) is 86.1 Å². The number of ketones is 2. The van der Waals surface area contributed by atoms with E-state index in [1.807, 2.05) is 24.3 Å². The van der Waals surface area contributed by atoms with Crippen molar-refractivity contribution in [1.82, 2.24) is 14.8 Å². The van der Waals surface area contributed by atoms with Gasteiger partial charge in [-0.3, -0.25) is 9.59 Å². The Morgan fingerprint density at radius 1 is 1.20 bits per heavy atom. The number of nitrogens with zero attached hydrogens (tertiary/aromatic N) is 3. The third kappa shape index (κ3) is 4.48. The highest BCUT2D eigenvalue weighted by Crippen LogP contribution is 2.47. The van der Waals surface area contributed by atoms with Crippen LogP contribution in [0.25, 0.3) is 0 Å². The van der Waals surface area contributed by atoms with Crippen LogP contribution in [0, 0.1) is 11.2 Å². The SMILES string of the molecule is COc1ccccc1C1C2=C(CC(C)(C)CC2=O)Nc2nc(SCC(=O)c3ccc(F)cc3)nn21. The Kier molecular flexibility index (Phi) is 5.96. The van der Waals surface area contributed by atoms with Gasteiger partial charge in [0.1, 0.15) is 17.6 Å². The summed E-state index contributed by atoms with van der Waals surface area (Å²) in [5, 5.41) is 8.42. The van der Waals surface area contributed by atoms with Crippen molar-refractivity contribution in [3.05, 3.63) is 76.7 Å². The van der Waals surface area contributed by atoms with Crippen LogP contribution in [-0.4, -0.2) is 39.2 Å². The maximum absolute atomic E-state index is 13.4. The molecule has 1 aliphatic heterocycles. The maximum Gasteiger partial charge on any atom is 0.227 e. The van der Waals surface area contributed by atoms with Crippen molar-refractivity contribution < 1.29 is 18.7 Å². The van der Waals surface area contributed by atoms with Gasteiger partial charge in [-0.05, 0) is 42.2 Å². The van der Waals surface area contributed by atoms with E-state index in [-0.39, 0.29) is 28.6 Å². The van der Waals surface area contributed by atoms with E-state index in [0.29, 0.717) is 40.8 Å². The molecule has 1 aromatic heterocycles. The third-order valence-corrected chi connectivity index (χ3v) is 7.08. The molecule has 1 unspecified atom stereocenters. The lowest BCUT2D eigenvalue weighted by molar-refractivity contribution is -0.118. The molecule has 0 saturated heterocycles. The van der Waals surface area contributed by atoms with Gasteiger partial charge in [-0.25, -0.2) is 9.07 Å². The standard InChI is InChI=1S/C26H25FN4O3S/c1-26(2)12-18-22(19(32)13-26)23(17-6-4-5-7-21(17)34-3)31-24(28-18)29-25(30-31)35-14-20(33)15-8-10-16(27)11-9-15/h4-11,23H,12-14H2,1-3H3,(H,28,29,30). The van der Waals surface area contributed by atoms with Crippen molar-refractivity contribution in [1.29, 1.82) is 0 Å². The number of carbonyl (C=O) groups excluding carboxylic acids is 2. The highest BCUT2D eigenvalue weighted by atomic mass is 32.2. The highest BCUT2D eigenvalue weighted by molar-refractivity contribution is 7.99. The van der Waals surface area contributed by atoms with E-state index >= 15 is 0 Å². The number of nitrogens with one attached hydrogen (secondary N) is 1. The van der Waals surface area contributed by atoms with Gasteiger partial charge in [-0.2, -0.15) is 4.98 Å². The fourth-order valence-corrected chi connectivity index (χ4v) is 5.40. The average molecular weight is 493 g/mol. The summed E-state index contributed by atoms with van der Waals surface area (Å²) < 4.78 is 20.5. The lowest BCUT2D eigenvalue weighted by Gasteiger charge is -2.38. The van der Waals surface area contributed by atoms with Crippen molar-refractivity contribution in [3.63, 3.8) is 0 Å². The zero-order chi connectivity index (χ0) is 24.7. The monoisotopic (exact) mass is 492 g/mol. The molecule has 0 bridgehead atoms. The summed E-state index contributed by atoms with van der Waals surface area (Å²) >= 11 is 1.20. The number of fused-ring (bicyclic) bond motifs is 1. The molecule has 5 rings (SSSR count). The molecule has 7 nitrogen and oxygen atoms in total. The van der Waals surface area contributed by atoms with Crippen LogP contribution in [0.4, 0.5) is 10.3 Å². The normalized spacial score (nSPS) is 18.5. The molecule has 1 N–H and O–H groups in total. The molecule has 0 spiro atoms. The number of rotatable bonds is 6. The van der Waals surface area contributed by atoms with Crippen molar-refractivity contribution >= 4 is 29.3 Å². The summed E-state index contributed by atoms with van der Waals surface area (Å²) in [5.41, 5.74) is 2.60. The second-order valence-electron chi connectivity index (χ2n) is 9.48. The third-order valence-electron chi connectivity index (χ3n) is 6.24. The fraction of sp³-hybridized carbons (Fsp3) is 0.308. The van der Waals surface area contributed by atoms with Crippen LogP contribution in [0.15, 0.2) is 65.0 Å². The molecule has 2 aromatic carbocycles. The van der Waals surface area contributed by atoms with Gasteiger partial charge >= 0.3 is 0 Å². The van der Waals surface area contributed by atoms with Crippen LogP contribution < -0.4 is 10.1 Å². The zero-order valence-corrected chi connectivity index (χ0v) is 20.5. The number of methoxy groups -OCH3 is 1. The first-order valence-corrected chi connectivity index (χ1v) is 12.3. The minimum Gasteiger partial charge on any atom is -0.496 e. The molecule has 1 atom stereocenters. The van der Waals surface area contributed by atoms with Gasteiger partial charge < -0.3 is 10.1 Å². The van der Waals surface area contributed by atoms with Crippen LogP contribution in [-0.2, 0) is 4.79 Å². The van der Waals surface area contributed by atoms with Crippen molar-refractivity contribution in [2.75, 3.05) is 18.2 Å². The molecule has 0 amide bonds. The van der Waals surface area contributed by atoms with Gasteiger partial charge in [0.15, 0.2) is 11.6 Å². The lowest BCUT2D eigenvalue weighted by atomic mass is 9.73. The number of allylic oxidation sites excluding steroid dienone is 2. The predicted octanol–water partition coefficient (Wildman–Crippen LogP) is 5.06. The second kappa shape index (κ2) is 8.96. The van der Waals surface area contributed by atoms with E-state index in [4.69, 9.17) is 4.74 Å². The van der Waals surface area contributed by atoms with E-state index < -0.39 is 6.04 Å². The van der Waals surface area contributed by atoms with E-state index in [1.54, 1.807) is 11.8 Å². The number of benzene rings is 2. The quantitative estimate of drug-likeness (QED) is 0.380. The van der Waals surface area contributed by atoms with Crippen LogP contribution in [0.5, 0.6) is 5.75 Å². The number of aromatic nitrogens is 3. The van der Waals surface area contributed by atoms with Gasteiger partial charge in [-0.1, -0.05) is 43.8 Å². The Labute approximate surface area is 206 Å². The van der Waals surface area contributed by atoms with Gasteiger partial charge in [0.25, 0.3) is 0 Å². The van der Waals surface area contributed by atoms with Crippen molar-refractivity contribution in [2.24, 2.45) is 5.41 Å².